The van der Waals surface area contributed by atoms with Crippen LogP contribution in [0.2, 0.25) is 5.02 Å². The van der Waals surface area contributed by atoms with E-state index in [1.54, 1.807) is 6.92 Å². The maximum Gasteiger partial charge on any atom is 0.336 e. The van der Waals surface area contributed by atoms with Gasteiger partial charge in [0, 0.05) is 24.4 Å². The SMILES string of the molecule is Cc1c(C(=O)O)cc(Cl)c2c1O[C@@](C)([C@H]1CC[C@H](N)CC1)O2.O.O.O. The maximum atomic E-state index is 11.3. The van der Waals surface area contributed by atoms with Crippen LogP contribution in [0, 0.1) is 12.8 Å². The molecule has 9 N–H and O–H groups in total. The highest BCUT2D eigenvalue weighted by Gasteiger charge is 2.47. The zero-order chi connectivity index (χ0) is 16.1. The molecule has 1 aromatic carbocycles. The van der Waals surface area contributed by atoms with Gasteiger partial charge in [-0.1, -0.05) is 11.6 Å². The van der Waals surface area contributed by atoms with Crippen LogP contribution in [0.3, 0.4) is 0 Å². The normalized spacial score (nSPS) is 26.7. The molecule has 1 atom stereocenters. The van der Waals surface area contributed by atoms with Crippen LogP contribution in [0.25, 0.3) is 0 Å². The Balaban J connectivity index is 0.00000192. The zero-order valence-corrected chi connectivity index (χ0v) is 14.9. The number of hydrogen-bond donors (Lipinski definition) is 2. The third-order valence-corrected chi connectivity index (χ3v) is 5.07. The molecule has 0 bridgehead atoms. The Morgan fingerprint density at radius 3 is 2.24 bits per heavy atom. The predicted molar refractivity (Wildman–Crippen MR) is 93.6 cm³/mol. The molecule has 2 aliphatic rings. The molecule has 1 heterocycles. The van der Waals surface area contributed by atoms with E-state index in [9.17, 15) is 9.90 Å². The van der Waals surface area contributed by atoms with E-state index < -0.39 is 11.8 Å². The van der Waals surface area contributed by atoms with Gasteiger partial charge in [-0.05, 0) is 38.7 Å². The lowest BCUT2D eigenvalue weighted by Gasteiger charge is -2.36. The molecule has 0 aromatic heterocycles. The van der Waals surface area contributed by atoms with Crippen LogP contribution in [0.5, 0.6) is 11.5 Å². The van der Waals surface area contributed by atoms with Gasteiger partial charge in [0.1, 0.15) is 0 Å². The smallest absolute Gasteiger partial charge is 0.336 e. The number of nitrogens with two attached hydrogens (primary N) is 1. The number of carbonyl (C=O) groups is 1. The van der Waals surface area contributed by atoms with Gasteiger partial charge in [-0.15, -0.1) is 0 Å². The fourth-order valence-corrected chi connectivity index (χ4v) is 3.61. The molecule has 0 spiro atoms. The minimum atomic E-state index is -1.02. The predicted octanol–water partition coefficient (Wildman–Crippen LogP) is 0.877. The first kappa shape index (κ1) is 23.4. The van der Waals surface area contributed by atoms with Crippen LogP contribution in [0.4, 0.5) is 0 Å². The summed E-state index contributed by atoms with van der Waals surface area (Å²) in [5.41, 5.74) is 6.64. The maximum absolute atomic E-state index is 11.3. The van der Waals surface area contributed by atoms with Gasteiger partial charge in [-0.25, -0.2) is 4.79 Å². The quantitative estimate of drug-likeness (QED) is 0.773. The average molecular weight is 380 g/mol. The van der Waals surface area contributed by atoms with Gasteiger partial charge in [0.05, 0.1) is 10.6 Å². The summed E-state index contributed by atoms with van der Waals surface area (Å²) in [5, 5.41) is 9.53. The molecule has 0 radical (unpaired) electrons. The van der Waals surface area contributed by atoms with E-state index in [2.05, 4.69) is 0 Å². The second kappa shape index (κ2) is 8.20. The lowest BCUT2D eigenvalue weighted by Crippen LogP contribution is -2.46. The molecule has 8 nitrogen and oxygen atoms in total. The molecule has 25 heavy (non-hydrogen) atoms. The number of carboxylic acids is 1. The van der Waals surface area contributed by atoms with Crippen molar-refractivity contribution in [1.29, 1.82) is 0 Å². The summed E-state index contributed by atoms with van der Waals surface area (Å²) in [7, 11) is 0. The van der Waals surface area contributed by atoms with Crippen LogP contribution in [0.15, 0.2) is 6.07 Å². The lowest BCUT2D eigenvalue weighted by atomic mass is 9.81. The molecule has 1 aliphatic carbocycles. The number of hydrogen-bond acceptors (Lipinski definition) is 4. The highest BCUT2D eigenvalue weighted by molar-refractivity contribution is 6.32. The van der Waals surface area contributed by atoms with Crippen LogP contribution >= 0.6 is 11.6 Å². The van der Waals surface area contributed by atoms with Crippen molar-refractivity contribution in [3.05, 3.63) is 22.2 Å². The summed E-state index contributed by atoms with van der Waals surface area (Å²) < 4.78 is 12.1. The highest BCUT2D eigenvalue weighted by atomic mass is 35.5. The number of halogens is 1. The van der Waals surface area contributed by atoms with Crippen LogP contribution in [0.1, 0.15) is 48.5 Å². The Morgan fingerprint density at radius 1 is 1.20 bits per heavy atom. The lowest BCUT2D eigenvalue weighted by molar-refractivity contribution is -0.120. The van der Waals surface area contributed by atoms with Crippen molar-refractivity contribution in [3.8, 4) is 11.5 Å². The topological polar surface area (TPSA) is 176 Å². The molecule has 144 valence electrons. The molecule has 1 aromatic rings. The van der Waals surface area contributed by atoms with E-state index in [0.29, 0.717) is 17.1 Å². The van der Waals surface area contributed by atoms with Gasteiger partial charge in [0.15, 0.2) is 11.5 Å². The molecule has 3 rings (SSSR count). The number of carboxylic acid groups (broad SMARTS) is 1. The van der Waals surface area contributed by atoms with Crippen molar-refractivity contribution in [2.45, 2.75) is 51.4 Å². The van der Waals surface area contributed by atoms with Gasteiger partial charge in [0.2, 0.25) is 0 Å². The molecule has 0 unspecified atom stereocenters. The van der Waals surface area contributed by atoms with Crippen molar-refractivity contribution >= 4 is 17.6 Å². The van der Waals surface area contributed by atoms with E-state index >= 15 is 0 Å². The minimum absolute atomic E-state index is 0. The van der Waals surface area contributed by atoms with Crippen LogP contribution < -0.4 is 15.2 Å². The summed E-state index contributed by atoms with van der Waals surface area (Å²) in [6.07, 6.45) is 3.73. The van der Waals surface area contributed by atoms with Crippen LogP contribution in [-0.2, 0) is 0 Å². The number of rotatable bonds is 2. The Labute approximate surface area is 150 Å². The van der Waals surface area contributed by atoms with Crippen molar-refractivity contribution in [2.24, 2.45) is 11.7 Å². The number of ether oxygens (including phenoxy) is 2. The second-order valence-corrected chi connectivity index (χ2v) is 6.73. The van der Waals surface area contributed by atoms with Crippen LogP contribution in [-0.4, -0.2) is 39.3 Å². The Hall–Kier alpha value is -1.58. The molecule has 1 fully saturated rings. The summed E-state index contributed by atoms with van der Waals surface area (Å²) in [4.78, 5) is 11.3. The first-order valence-electron chi connectivity index (χ1n) is 7.52. The number of benzene rings is 1. The summed E-state index contributed by atoms with van der Waals surface area (Å²) >= 11 is 6.19. The first-order valence-corrected chi connectivity index (χ1v) is 7.89. The van der Waals surface area contributed by atoms with E-state index in [0.717, 1.165) is 25.7 Å². The Morgan fingerprint density at radius 2 is 1.72 bits per heavy atom. The summed E-state index contributed by atoms with van der Waals surface area (Å²) in [6.45, 7) is 3.61. The highest BCUT2D eigenvalue weighted by Crippen LogP contribution is 2.51. The Kier molecular flexibility index (Phi) is 7.68. The monoisotopic (exact) mass is 379 g/mol. The standard InChI is InChI=1S/C16H20ClNO4.3H2O/c1-8-11(15(19)20)7-12(17)14-13(8)21-16(2,22-14)9-3-5-10(18)6-4-9;;;/h7,9-10H,3-6,18H2,1-2H3,(H,19,20);3*1H2/t9-,10-,16-;;;/m1.../s1. The van der Waals surface area contributed by atoms with Crippen molar-refractivity contribution in [1.82, 2.24) is 0 Å². The largest absolute Gasteiger partial charge is 0.478 e. The Bertz CT molecular complexity index is 631. The van der Waals surface area contributed by atoms with Crippen molar-refractivity contribution in [3.63, 3.8) is 0 Å². The average Bonchev–Trinajstić information content (AvgIpc) is 2.83. The van der Waals surface area contributed by atoms with E-state index in [1.165, 1.54) is 6.07 Å². The first-order chi connectivity index (χ1) is 10.3. The second-order valence-electron chi connectivity index (χ2n) is 6.33. The molecule has 0 amide bonds. The molecular formula is C16H26ClNO7. The summed E-state index contributed by atoms with van der Waals surface area (Å²) in [5.74, 6) is -0.733. The molecule has 1 saturated carbocycles. The van der Waals surface area contributed by atoms with Gasteiger partial charge in [-0.2, -0.15) is 0 Å². The molecule has 1 aliphatic heterocycles. The fraction of sp³-hybridized carbons (Fsp3) is 0.562. The van der Waals surface area contributed by atoms with Gasteiger partial charge in [-0.3, -0.25) is 0 Å². The van der Waals surface area contributed by atoms with Gasteiger partial charge < -0.3 is 36.7 Å². The van der Waals surface area contributed by atoms with E-state index in [4.69, 9.17) is 26.8 Å². The molecule has 9 heteroatoms. The van der Waals surface area contributed by atoms with Gasteiger partial charge >= 0.3 is 5.97 Å². The number of aromatic carboxylic acids is 1. The summed E-state index contributed by atoms with van der Waals surface area (Å²) in [6, 6.07) is 1.66. The zero-order valence-electron chi connectivity index (χ0n) is 14.2. The number of fused-ring (bicyclic) bond motifs is 1. The van der Waals surface area contributed by atoms with Crippen molar-refractivity contribution < 1.29 is 35.8 Å². The third-order valence-electron chi connectivity index (χ3n) is 4.79. The minimum Gasteiger partial charge on any atom is -0.478 e. The van der Waals surface area contributed by atoms with E-state index in [-0.39, 0.29) is 39.0 Å². The molecular weight excluding hydrogens is 354 g/mol. The molecule has 0 saturated heterocycles. The van der Waals surface area contributed by atoms with Gasteiger partial charge in [0.25, 0.3) is 5.79 Å². The van der Waals surface area contributed by atoms with E-state index in [1.807, 2.05) is 6.92 Å². The third kappa shape index (κ3) is 3.99. The van der Waals surface area contributed by atoms with Crippen molar-refractivity contribution in [2.75, 3.05) is 0 Å². The fourth-order valence-electron chi connectivity index (χ4n) is 3.38.